The molecule has 0 bridgehead atoms. The van der Waals surface area contributed by atoms with E-state index in [9.17, 15) is 9.36 Å². The second kappa shape index (κ2) is 11.9. The maximum Gasteiger partial charge on any atom is 0.329 e. The number of nitrogens with zero attached hydrogens (tertiary/aromatic N) is 3. The lowest BCUT2D eigenvalue weighted by Crippen LogP contribution is -2.33. The van der Waals surface area contributed by atoms with Crippen molar-refractivity contribution in [1.29, 1.82) is 0 Å². The molecule has 0 aliphatic rings. The minimum absolute atomic E-state index is 0.254. The largest absolute Gasteiger partial charge is 0.355 e. The first-order chi connectivity index (χ1) is 19.3. The Labute approximate surface area is 232 Å². The number of benzene rings is 2. The first-order valence-electron chi connectivity index (χ1n) is 12.9. The van der Waals surface area contributed by atoms with E-state index in [1.165, 1.54) is 0 Å². The molecule has 0 aliphatic carbocycles. The average Bonchev–Trinajstić information content (AvgIpc) is 3.32. The minimum atomic E-state index is -4.07. The third kappa shape index (κ3) is 6.85. The third-order valence-corrected chi connectivity index (χ3v) is 7.50. The molecule has 0 saturated heterocycles. The third-order valence-electron chi connectivity index (χ3n) is 6.73. The summed E-state index contributed by atoms with van der Waals surface area (Å²) in [5.74, 6) is 0.729. The van der Waals surface area contributed by atoms with Crippen LogP contribution >= 0.6 is 7.60 Å². The summed E-state index contributed by atoms with van der Waals surface area (Å²) in [6.07, 6.45) is 9.07. The lowest BCUT2D eigenvalue weighted by Gasteiger charge is -2.05. The Morgan fingerprint density at radius 3 is 1.73 bits per heavy atom. The monoisotopic (exact) mass is 555 g/mol. The van der Waals surface area contributed by atoms with Crippen molar-refractivity contribution >= 4 is 13.9 Å². The smallest absolute Gasteiger partial charge is 0.329 e. The molecule has 0 unspecified atom stereocenters. The molecule has 202 valence electrons. The van der Waals surface area contributed by atoms with Gasteiger partial charge in [0.15, 0.2) is 43.6 Å². The van der Waals surface area contributed by atoms with Gasteiger partial charge in [-0.25, -0.2) is 9.13 Å². The van der Waals surface area contributed by atoms with Crippen LogP contribution in [-0.2, 0) is 35.0 Å². The van der Waals surface area contributed by atoms with E-state index < -0.39 is 7.60 Å². The Hall–Kier alpha value is -4.23. The predicted molar refractivity (Wildman–Crippen MR) is 149 cm³/mol. The van der Waals surface area contributed by atoms with Gasteiger partial charge in [0.1, 0.15) is 12.0 Å². The Balaban J connectivity index is 1.24. The zero-order valence-corrected chi connectivity index (χ0v) is 22.9. The van der Waals surface area contributed by atoms with Crippen LogP contribution in [0.4, 0.5) is 0 Å². The van der Waals surface area contributed by atoms with Crippen molar-refractivity contribution < 1.29 is 32.8 Å². The molecular formula is C31H30N3O5P+2. The number of aromatic nitrogens is 3. The Kier molecular flexibility index (Phi) is 8.12. The average molecular weight is 556 g/mol. The van der Waals surface area contributed by atoms with Gasteiger partial charge >= 0.3 is 7.60 Å². The van der Waals surface area contributed by atoms with Crippen molar-refractivity contribution in [3.05, 3.63) is 125 Å². The van der Waals surface area contributed by atoms with Crippen LogP contribution in [0.15, 0.2) is 102 Å². The van der Waals surface area contributed by atoms with Gasteiger partial charge in [0, 0.05) is 58.5 Å². The van der Waals surface area contributed by atoms with Crippen LogP contribution in [0.1, 0.15) is 27.8 Å². The van der Waals surface area contributed by atoms with Gasteiger partial charge in [-0.3, -0.25) is 4.57 Å². The summed E-state index contributed by atoms with van der Waals surface area (Å²) in [6.45, 7) is 3.36. The highest BCUT2D eigenvalue weighted by molar-refractivity contribution is 7.50. The van der Waals surface area contributed by atoms with Gasteiger partial charge in [0.25, 0.3) is 0 Å². The molecule has 3 heterocycles. The maximum absolute atomic E-state index is 11.2. The number of carbonyl (C=O) groups excluding carboxylic acids is 1. The van der Waals surface area contributed by atoms with Crippen LogP contribution in [0.3, 0.4) is 0 Å². The molecular weight excluding hydrogens is 525 g/mol. The standard InChI is InChI=1S/C31H28N3O5P/c1-23-30(28-10-15-33(16-11-28)21-26-6-8-27(9-7-26)22-40(36,37)38)32-39-31(23)29-12-17-34(18-13-29)20-25-4-2-24(3-5-25)14-19-35/h2-13,15-19H,14,20-22H2,1H3/p+2. The topological polar surface area (TPSA) is 108 Å². The Morgan fingerprint density at radius 1 is 0.750 bits per heavy atom. The normalized spacial score (nSPS) is 11.5. The molecule has 0 fully saturated rings. The van der Waals surface area contributed by atoms with E-state index in [4.69, 9.17) is 14.3 Å². The molecule has 0 spiro atoms. The number of carbonyl (C=O) groups is 1. The summed E-state index contributed by atoms with van der Waals surface area (Å²) in [5.41, 5.74) is 7.46. The van der Waals surface area contributed by atoms with E-state index in [1.54, 1.807) is 12.1 Å². The lowest BCUT2D eigenvalue weighted by molar-refractivity contribution is -0.688. The second-order valence-corrected chi connectivity index (χ2v) is 11.5. The lowest BCUT2D eigenvalue weighted by atomic mass is 10.0. The highest BCUT2D eigenvalue weighted by atomic mass is 31.2. The highest BCUT2D eigenvalue weighted by Crippen LogP contribution is 2.39. The summed E-state index contributed by atoms with van der Waals surface area (Å²) in [6, 6.07) is 23.4. The summed E-state index contributed by atoms with van der Waals surface area (Å²) < 4.78 is 21.1. The SMILES string of the molecule is Cc1c(-c2cc[n+](Cc3ccc(CP(=O)(O)O)cc3)cc2)noc1-c1cc[n+](Cc2ccc(CC=O)cc2)cc1. The fourth-order valence-electron chi connectivity index (χ4n) is 4.60. The van der Waals surface area contributed by atoms with Gasteiger partial charge in [0.05, 0.1) is 6.16 Å². The Bertz CT molecular complexity index is 1640. The summed E-state index contributed by atoms with van der Waals surface area (Å²) in [7, 11) is -4.07. The van der Waals surface area contributed by atoms with E-state index in [0.29, 0.717) is 18.5 Å². The fraction of sp³-hybridized carbons (Fsp3) is 0.161. The van der Waals surface area contributed by atoms with Crippen molar-refractivity contribution in [2.45, 2.75) is 32.6 Å². The van der Waals surface area contributed by atoms with E-state index in [1.807, 2.05) is 96.9 Å². The van der Waals surface area contributed by atoms with Gasteiger partial charge in [-0.15, -0.1) is 0 Å². The molecule has 9 heteroatoms. The van der Waals surface area contributed by atoms with Crippen molar-refractivity contribution in [2.24, 2.45) is 0 Å². The van der Waals surface area contributed by atoms with Crippen molar-refractivity contribution in [3.63, 3.8) is 0 Å². The molecule has 5 aromatic rings. The fourth-order valence-corrected chi connectivity index (χ4v) is 5.28. The van der Waals surface area contributed by atoms with E-state index in [2.05, 4.69) is 9.72 Å². The quantitative estimate of drug-likeness (QED) is 0.150. The second-order valence-electron chi connectivity index (χ2n) is 9.83. The first kappa shape index (κ1) is 27.3. The van der Waals surface area contributed by atoms with E-state index in [-0.39, 0.29) is 6.16 Å². The number of hydrogen-bond donors (Lipinski definition) is 2. The molecule has 0 amide bonds. The van der Waals surface area contributed by atoms with Gasteiger partial charge < -0.3 is 19.1 Å². The Morgan fingerprint density at radius 2 is 1.23 bits per heavy atom. The summed E-state index contributed by atoms with van der Waals surface area (Å²) in [4.78, 5) is 29.0. The molecule has 8 nitrogen and oxygen atoms in total. The molecule has 0 aliphatic heterocycles. The molecule has 2 N–H and O–H groups in total. The number of hydrogen-bond acceptors (Lipinski definition) is 4. The number of aldehydes is 1. The molecule has 5 rings (SSSR count). The first-order valence-corrected chi connectivity index (χ1v) is 14.7. The maximum atomic E-state index is 11.2. The van der Waals surface area contributed by atoms with Crippen LogP contribution in [0.5, 0.6) is 0 Å². The summed E-state index contributed by atoms with van der Waals surface area (Å²) >= 11 is 0. The van der Waals surface area contributed by atoms with Gasteiger partial charge in [-0.1, -0.05) is 53.7 Å². The number of pyridine rings is 2. The zero-order valence-electron chi connectivity index (χ0n) is 22.1. The van der Waals surface area contributed by atoms with Gasteiger partial charge in [0.2, 0.25) is 0 Å². The number of rotatable bonds is 10. The van der Waals surface area contributed by atoms with Crippen LogP contribution in [-0.4, -0.2) is 21.2 Å². The predicted octanol–water partition coefficient (Wildman–Crippen LogP) is 4.41. The van der Waals surface area contributed by atoms with E-state index >= 15 is 0 Å². The molecule has 2 aromatic carbocycles. The van der Waals surface area contributed by atoms with Crippen molar-refractivity contribution in [3.8, 4) is 22.6 Å². The highest BCUT2D eigenvalue weighted by Gasteiger charge is 2.18. The summed E-state index contributed by atoms with van der Waals surface area (Å²) in [5, 5.41) is 4.35. The van der Waals surface area contributed by atoms with Crippen LogP contribution in [0.2, 0.25) is 0 Å². The van der Waals surface area contributed by atoms with Crippen LogP contribution in [0.25, 0.3) is 22.6 Å². The molecule has 3 aromatic heterocycles. The molecule has 0 radical (unpaired) electrons. The van der Waals surface area contributed by atoms with E-state index in [0.717, 1.165) is 57.7 Å². The van der Waals surface area contributed by atoms with Gasteiger partial charge in [-0.2, -0.15) is 0 Å². The van der Waals surface area contributed by atoms with Crippen LogP contribution < -0.4 is 9.13 Å². The molecule has 0 atom stereocenters. The zero-order chi connectivity index (χ0) is 28.1. The van der Waals surface area contributed by atoms with Gasteiger partial charge in [-0.05, 0) is 18.1 Å². The molecule has 40 heavy (non-hydrogen) atoms. The molecule has 0 saturated carbocycles. The van der Waals surface area contributed by atoms with Crippen LogP contribution in [0, 0.1) is 6.92 Å². The van der Waals surface area contributed by atoms with Crippen molar-refractivity contribution in [2.75, 3.05) is 0 Å². The minimum Gasteiger partial charge on any atom is -0.355 e. The van der Waals surface area contributed by atoms with Crippen molar-refractivity contribution in [1.82, 2.24) is 5.16 Å².